The lowest BCUT2D eigenvalue weighted by molar-refractivity contribution is -0.118. The first-order chi connectivity index (χ1) is 10.5. The van der Waals surface area contributed by atoms with Crippen LogP contribution in [-0.4, -0.2) is 18.5 Å². The second kappa shape index (κ2) is 5.87. The summed E-state index contributed by atoms with van der Waals surface area (Å²) < 4.78 is 10.5. The van der Waals surface area contributed by atoms with Crippen molar-refractivity contribution in [2.75, 3.05) is 11.9 Å². The van der Waals surface area contributed by atoms with Crippen LogP contribution in [0.5, 0.6) is 11.5 Å². The summed E-state index contributed by atoms with van der Waals surface area (Å²) in [6.45, 7) is -0.0346. The molecule has 0 aliphatic carbocycles. The van der Waals surface area contributed by atoms with E-state index in [1.165, 1.54) is 24.3 Å². The van der Waals surface area contributed by atoms with Crippen LogP contribution < -0.4 is 14.8 Å². The predicted molar refractivity (Wildman–Crippen MR) is 82.0 cm³/mol. The fourth-order valence-electron chi connectivity index (χ4n) is 1.96. The molecule has 2 aromatic carbocycles. The van der Waals surface area contributed by atoms with Gasteiger partial charge in [0.15, 0.2) is 6.61 Å². The highest BCUT2D eigenvalue weighted by Crippen LogP contribution is 2.32. The summed E-state index contributed by atoms with van der Waals surface area (Å²) in [6.07, 6.45) is 0. The molecule has 0 atom stereocenters. The molecule has 1 aliphatic heterocycles. The number of fused-ring (bicyclic) bond motifs is 1. The molecule has 5 nitrogen and oxygen atoms in total. The molecule has 0 unspecified atom stereocenters. The van der Waals surface area contributed by atoms with Crippen molar-refractivity contribution < 1.29 is 19.1 Å². The topological polar surface area (TPSA) is 64.6 Å². The quantitative estimate of drug-likeness (QED) is 0.672. The molecule has 112 valence electrons. The summed E-state index contributed by atoms with van der Waals surface area (Å²) in [5, 5.41) is 3.31. The number of nitrogens with one attached hydrogen (secondary N) is 1. The van der Waals surface area contributed by atoms with Crippen LogP contribution in [0.4, 0.5) is 5.69 Å². The second-order valence-corrected chi connectivity index (χ2v) is 5.42. The fourth-order valence-corrected chi connectivity index (χ4v) is 2.49. The van der Waals surface area contributed by atoms with E-state index < -0.39 is 5.97 Å². The van der Waals surface area contributed by atoms with Gasteiger partial charge in [-0.05, 0) is 30.3 Å². The van der Waals surface area contributed by atoms with Crippen molar-refractivity contribution in [1.29, 1.82) is 0 Å². The number of amides is 1. The number of hydrogen-bond acceptors (Lipinski definition) is 4. The molecule has 1 aliphatic rings. The van der Waals surface area contributed by atoms with Gasteiger partial charge < -0.3 is 14.8 Å². The molecule has 0 radical (unpaired) electrons. The summed E-state index contributed by atoms with van der Waals surface area (Å²) in [7, 11) is 0. The summed E-state index contributed by atoms with van der Waals surface area (Å²) in [6, 6.07) is 9.13. The molecule has 22 heavy (non-hydrogen) atoms. The van der Waals surface area contributed by atoms with Crippen LogP contribution in [0.3, 0.4) is 0 Å². The molecule has 0 aromatic heterocycles. The van der Waals surface area contributed by atoms with Gasteiger partial charge in [0.05, 0.1) is 11.3 Å². The number of esters is 1. The van der Waals surface area contributed by atoms with Crippen LogP contribution in [0.2, 0.25) is 10.0 Å². The molecule has 1 heterocycles. The van der Waals surface area contributed by atoms with Crippen LogP contribution in [0.15, 0.2) is 36.4 Å². The number of carbonyl (C=O) groups excluding carboxylic acids is 2. The van der Waals surface area contributed by atoms with Crippen LogP contribution in [0, 0.1) is 0 Å². The minimum Gasteiger partial charge on any atom is -0.482 e. The maximum absolute atomic E-state index is 12.1. The number of anilines is 1. The van der Waals surface area contributed by atoms with E-state index in [9.17, 15) is 9.59 Å². The van der Waals surface area contributed by atoms with Gasteiger partial charge in [-0.3, -0.25) is 4.79 Å². The third-order valence-electron chi connectivity index (χ3n) is 2.89. The van der Waals surface area contributed by atoms with E-state index in [2.05, 4.69) is 5.32 Å². The average Bonchev–Trinajstić information content (AvgIpc) is 2.45. The first kappa shape index (κ1) is 14.7. The third-order valence-corrected chi connectivity index (χ3v) is 3.33. The Kier molecular flexibility index (Phi) is 3.92. The minimum atomic E-state index is -0.604. The molecule has 2 aromatic rings. The Balaban J connectivity index is 1.82. The Morgan fingerprint density at radius 1 is 1.14 bits per heavy atom. The highest BCUT2D eigenvalue weighted by Gasteiger charge is 2.18. The van der Waals surface area contributed by atoms with E-state index in [4.69, 9.17) is 32.7 Å². The van der Waals surface area contributed by atoms with Crippen molar-refractivity contribution in [3.8, 4) is 11.5 Å². The van der Waals surface area contributed by atoms with Crippen LogP contribution in [0.25, 0.3) is 0 Å². The molecular weight excluding hydrogens is 329 g/mol. The Morgan fingerprint density at radius 3 is 2.59 bits per heavy atom. The highest BCUT2D eigenvalue weighted by molar-refractivity contribution is 6.35. The molecule has 1 amide bonds. The maximum Gasteiger partial charge on any atom is 0.343 e. The van der Waals surface area contributed by atoms with Crippen LogP contribution in [0.1, 0.15) is 10.4 Å². The maximum atomic E-state index is 12.1. The van der Waals surface area contributed by atoms with E-state index in [-0.39, 0.29) is 23.8 Å². The zero-order valence-electron chi connectivity index (χ0n) is 11.1. The molecule has 0 saturated carbocycles. The summed E-state index contributed by atoms with van der Waals surface area (Å²) >= 11 is 11.7. The van der Waals surface area contributed by atoms with Gasteiger partial charge in [0.1, 0.15) is 11.5 Å². The molecule has 1 N–H and O–H groups in total. The lowest BCUT2D eigenvalue weighted by Crippen LogP contribution is -2.25. The van der Waals surface area contributed by atoms with Gasteiger partial charge in [0.25, 0.3) is 5.91 Å². The summed E-state index contributed by atoms with van der Waals surface area (Å²) in [5.41, 5.74) is 0.682. The number of carbonyl (C=O) groups is 2. The molecular formula is C15H9Cl2NO4. The predicted octanol–water partition coefficient (Wildman–Crippen LogP) is 3.54. The van der Waals surface area contributed by atoms with Gasteiger partial charge in [-0.1, -0.05) is 23.2 Å². The fraction of sp³-hybridized carbons (Fsp3) is 0.0667. The normalized spacial score (nSPS) is 12.9. The van der Waals surface area contributed by atoms with Crippen LogP contribution in [-0.2, 0) is 4.79 Å². The molecule has 0 spiro atoms. The van der Waals surface area contributed by atoms with Crippen molar-refractivity contribution in [3.63, 3.8) is 0 Å². The standard InChI is InChI=1S/C15H9Cl2NO4/c16-9-3-8(4-10(17)5-9)15(20)22-11-1-2-13-12(6-11)18-14(19)7-21-13/h1-6H,7H2,(H,18,19). The monoisotopic (exact) mass is 337 g/mol. The lowest BCUT2D eigenvalue weighted by Gasteiger charge is -2.18. The number of hydrogen-bond donors (Lipinski definition) is 1. The number of benzene rings is 2. The van der Waals surface area contributed by atoms with Gasteiger partial charge in [-0.2, -0.15) is 0 Å². The van der Waals surface area contributed by atoms with E-state index in [1.54, 1.807) is 12.1 Å². The molecule has 0 saturated heterocycles. The van der Waals surface area contributed by atoms with Gasteiger partial charge in [-0.15, -0.1) is 0 Å². The lowest BCUT2D eigenvalue weighted by atomic mass is 10.2. The van der Waals surface area contributed by atoms with Crippen molar-refractivity contribution in [3.05, 3.63) is 52.0 Å². The summed E-state index contributed by atoms with van der Waals surface area (Å²) in [5.74, 6) is -0.0825. The van der Waals surface area contributed by atoms with Gasteiger partial charge >= 0.3 is 5.97 Å². The van der Waals surface area contributed by atoms with E-state index in [0.29, 0.717) is 21.5 Å². The molecule has 0 fully saturated rings. The van der Waals surface area contributed by atoms with E-state index >= 15 is 0 Å². The Morgan fingerprint density at radius 2 is 1.86 bits per heavy atom. The molecule has 3 rings (SSSR count). The number of halogens is 2. The zero-order valence-corrected chi connectivity index (χ0v) is 12.6. The highest BCUT2D eigenvalue weighted by atomic mass is 35.5. The second-order valence-electron chi connectivity index (χ2n) is 4.54. The summed E-state index contributed by atoms with van der Waals surface area (Å²) in [4.78, 5) is 23.4. The SMILES string of the molecule is O=C1COc2ccc(OC(=O)c3cc(Cl)cc(Cl)c3)cc2N1. The first-order valence-electron chi connectivity index (χ1n) is 6.26. The van der Waals surface area contributed by atoms with E-state index in [1.807, 2.05) is 0 Å². The Labute approximate surface area is 135 Å². The van der Waals surface area contributed by atoms with Gasteiger partial charge in [0.2, 0.25) is 0 Å². The molecule has 0 bridgehead atoms. The smallest absolute Gasteiger partial charge is 0.343 e. The van der Waals surface area contributed by atoms with Crippen molar-refractivity contribution in [2.24, 2.45) is 0 Å². The largest absolute Gasteiger partial charge is 0.482 e. The van der Waals surface area contributed by atoms with Gasteiger partial charge in [0, 0.05) is 16.1 Å². The Bertz CT molecular complexity index is 756. The average molecular weight is 338 g/mol. The van der Waals surface area contributed by atoms with Gasteiger partial charge in [-0.25, -0.2) is 4.79 Å². The van der Waals surface area contributed by atoms with Crippen LogP contribution >= 0.6 is 23.2 Å². The van der Waals surface area contributed by atoms with E-state index in [0.717, 1.165) is 0 Å². The van der Waals surface area contributed by atoms with Crippen molar-refractivity contribution >= 4 is 40.8 Å². The van der Waals surface area contributed by atoms with Crippen molar-refractivity contribution in [2.45, 2.75) is 0 Å². The zero-order chi connectivity index (χ0) is 15.7. The number of ether oxygens (including phenoxy) is 2. The third kappa shape index (κ3) is 3.16. The minimum absolute atomic E-state index is 0.0346. The first-order valence-corrected chi connectivity index (χ1v) is 7.02. The number of rotatable bonds is 2. The molecule has 7 heteroatoms. The van der Waals surface area contributed by atoms with Crippen molar-refractivity contribution in [1.82, 2.24) is 0 Å². The Hall–Kier alpha value is -2.24.